The van der Waals surface area contributed by atoms with Crippen molar-refractivity contribution in [1.82, 2.24) is 14.5 Å². The molecule has 0 radical (unpaired) electrons. The monoisotopic (exact) mass is 406 g/mol. The minimum atomic E-state index is -0.982. The van der Waals surface area contributed by atoms with Gasteiger partial charge in [0.1, 0.15) is 0 Å². The number of hydrogen-bond donors (Lipinski definition) is 0. The maximum absolute atomic E-state index is 13.6. The third-order valence-electron chi connectivity index (χ3n) is 5.46. The Balaban J connectivity index is 1.95. The number of amides is 1. The number of para-hydroxylation sites is 2. The average molecular weight is 406 g/mol. The quantitative estimate of drug-likeness (QED) is 0.462. The number of fused-ring (bicyclic) bond motifs is 3. The van der Waals surface area contributed by atoms with Gasteiger partial charge in [0, 0.05) is 18.9 Å². The molecular weight excluding hydrogens is 380 g/mol. The van der Waals surface area contributed by atoms with Gasteiger partial charge in [-0.05, 0) is 49.1 Å². The molecule has 0 saturated heterocycles. The van der Waals surface area contributed by atoms with E-state index < -0.39 is 17.9 Å². The molecule has 0 aliphatic carbocycles. The highest BCUT2D eigenvalue weighted by molar-refractivity contribution is 6.08. The van der Waals surface area contributed by atoms with Gasteiger partial charge in [-0.2, -0.15) is 0 Å². The zero-order valence-electron chi connectivity index (χ0n) is 17.5. The van der Waals surface area contributed by atoms with Crippen molar-refractivity contribution >= 4 is 28.9 Å². The standard InChI is InChI=1S/C23H26N4O3/c1-4-30-22(29)19-20(16-9-12-24-13-10-16)27-18-8-6-5-7-17(18)25-23(27)26(21(19)28)14-11-15(2)3/h5-10,12-13,15,19-20H,4,11,14H2,1-3H3/t19-,20-/m0/s1. The van der Waals surface area contributed by atoms with Crippen molar-refractivity contribution < 1.29 is 14.3 Å². The summed E-state index contributed by atoms with van der Waals surface area (Å²) >= 11 is 0. The number of esters is 1. The molecule has 30 heavy (non-hydrogen) atoms. The van der Waals surface area contributed by atoms with Crippen LogP contribution in [0.1, 0.15) is 38.8 Å². The first-order valence-corrected chi connectivity index (χ1v) is 10.4. The van der Waals surface area contributed by atoms with Gasteiger partial charge in [-0.1, -0.05) is 26.0 Å². The van der Waals surface area contributed by atoms with E-state index in [0.29, 0.717) is 18.4 Å². The maximum Gasteiger partial charge on any atom is 0.321 e. The lowest BCUT2D eigenvalue weighted by atomic mass is 9.89. The molecule has 3 heterocycles. The molecule has 0 saturated carbocycles. The second kappa shape index (κ2) is 8.26. The molecule has 7 nitrogen and oxygen atoms in total. The van der Waals surface area contributed by atoms with Crippen molar-refractivity contribution in [3.8, 4) is 0 Å². The highest BCUT2D eigenvalue weighted by Gasteiger charge is 2.47. The van der Waals surface area contributed by atoms with Crippen molar-refractivity contribution in [1.29, 1.82) is 0 Å². The second-order valence-electron chi connectivity index (χ2n) is 7.90. The minimum Gasteiger partial charge on any atom is -0.465 e. The fraction of sp³-hybridized carbons (Fsp3) is 0.391. The molecule has 3 aromatic rings. The number of benzene rings is 1. The molecule has 0 bridgehead atoms. The molecule has 2 atom stereocenters. The van der Waals surface area contributed by atoms with Gasteiger partial charge in [-0.25, -0.2) is 4.98 Å². The molecule has 0 fully saturated rings. The van der Waals surface area contributed by atoms with Crippen LogP contribution in [-0.2, 0) is 14.3 Å². The van der Waals surface area contributed by atoms with Crippen LogP contribution in [0.5, 0.6) is 0 Å². The van der Waals surface area contributed by atoms with E-state index in [1.165, 1.54) is 0 Å². The molecule has 0 unspecified atom stereocenters. The number of carbonyl (C=O) groups excluding carboxylic acids is 2. The number of pyridine rings is 1. The van der Waals surface area contributed by atoms with Crippen LogP contribution < -0.4 is 4.90 Å². The van der Waals surface area contributed by atoms with Gasteiger partial charge in [0.25, 0.3) is 0 Å². The molecule has 1 aliphatic heterocycles. The Morgan fingerprint density at radius 2 is 1.90 bits per heavy atom. The van der Waals surface area contributed by atoms with Crippen LogP contribution in [0.2, 0.25) is 0 Å². The fourth-order valence-corrected chi connectivity index (χ4v) is 4.01. The lowest BCUT2D eigenvalue weighted by Crippen LogP contribution is -2.50. The van der Waals surface area contributed by atoms with E-state index in [0.717, 1.165) is 23.0 Å². The van der Waals surface area contributed by atoms with E-state index in [1.54, 1.807) is 24.2 Å². The third-order valence-corrected chi connectivity index (χ3v) is 5.46. The second-order valence-corrected chi connectivity index (χ2v) is 7.90. The normalized spacial score (nSPS) is 18.7. The molecule has 2 aromatic heterocycles. The Bertz CT molecular complexity index is 1060. The van der Waals surface area contributed by atoms with Crippen LogP contribution in [-0.4, -0.2) is 39.6 Å². The van der Waals surface area contributed by atoms with Crippen LogP contribution in [0, 0.1) is 11.8 Å². The number of aromatic nitrogens is 3. The summed E-state index contributed by atoms with van der Waals surface area (Å²) in [7, 11) is 0. The molecular formula is C23H26N4O3. The van der Waals surface area contributed by atoms with Crippen LogP contribution in [0.25, 0.3) is 11.0 Å². The predicted octanol–water partition coefficient (Wildman–Crippen LogP) is 3.59. The number of rotatable bonds is 6. The highest BCUT2D eigenvalue weighted by Crippen LogP contribution is 2.41. The largest absolute Gasteiger partial charge is 0.465 e. The maximum atomic E-state index is 13.6. The van der Waals surface area contributed by atoms with Crippen molar-refractivity contribution in [2.45, 2.75) is 33.2 Å². The van der Waals surface area contributed by atoms with Crippen molar-refractivity contribution in [3.63, 3.8) is 0 Å². The van der Waals surface area contributed by atoms with E-state index >= 15 is 0 Å². The van der Waals surface area contributed by atoms with Crippen molar-refractivity contribution in [2.75, 3.05) is 18.1 Å². The number of nitrogens with zero attached hydrogens (tertiary/aromatic N) is 4. The first-order chi connectivity index (χ1) is 14.5. The first kappa shape index (κ1) is 20.1. The number of imidazole rings is 1. The summed E-state index contributed by atoms with van der Waals surface area (Å²) in [5.41, 5.74) is 2.49. The van der Waals surface area contributed by atoms with Gasteiger partial charge in [0.05, 0.1) is 23.7 Å². The smallest absolute Gasteiger partial charge is 0.321 e. The van der Waals surface area contributed by atoms with Crippen molar-refractivity contribution in [2.24, 2.45) is 11.8 Å². The number of anilines is 1. The Morgan fingerprint density at radius 1 is 1.17 bits per heavy atom. The van der Waals surface area contributed by atoms with E-state index in [4.69, 9.17) is 9.72 Å². The molecule has 0 spiro atoms. The number of hydrogen-bond acceptors (Lipinski definition) is 5. The first-order valence-electron chi connectivity index (χ1n) is 10.4. The van der Waals surface area contributed by atoms with Crippen LogP contribution in [0.15, 0.2) is 48.8 Å². The topological polar surface area (TPSA) is 77.3 Å². The molecule has 156 valence electrons. The van der Waals surface area contributed by atoms with Gasteiger partial charge < -0.3 is 9.30 Å². The summed E-state index contributed by atoms with van der Waals surface area (Å²) in [5.74, 6) is -0.774. The summed E-state index contributed by atoms with van der Waals surface area (Å²) in [6.07, 6.45) is 4.16. The summed E-state index contributed by atoms with van der Waals surface area (Å²) in [6, 6.07) is 10.9. The summed E-state index contributed by atoms with van der Waals surface area (Å²) in [4.78, 5) is 37.2. The summed E-state index contributed by atoms with van der Waals surface area (Å²) in [6.45, 7) is 6.69. The Morgan fingerprint density at radius 3 is 2.60 bits per heavy atom. The summed E-state index contributed by atoms with van der Waals surface area (Å²) < 4.78 is 7.35. The Hall–Kier alpha value is -3.22. The average Bonchev–Trinajstić information content (AvgIpc) is 3.12. The lowest BCUT2D eigenvalue weighted by molar-refractivity contribution is -0.153. The van der Waals surface area contributed by atoms with Gasteiger partial charge in [-0.3, -0.25) is 19.5 Å². The number of ether oxygens (including phenoxy) is 1. The molecule has 1 amide bonds. The highest BCUT2D eigenvalue weighted by atomic mass is 16.5. The van der Waals surface area contributed by atoms with Crippen LogP contribution in [0.3, 0.4) is 0 Å². The Kier molecular flexibility index (Phi) is 5.53. The SMILES string of the molecule is CCOC(=O)[C@@H]1C(=O)N(CCC(C)C)c2nc3ccccc3n2[C@H]1c1ccncc1. The van der Waals surface area contributed by atoms with Gasteiger partial charge in [-0.15, -0.1) is 0 Å². The minimum absolute atomic E-state index is 0.217. The molecule has 7 heteroatoms. The molecule has 4 rings (SSSR count). The molecule has 1 aliphatic rings. The van der Waals surface area contributed by atoms with Gasteiger partial charge in [0.15, 0.2) is 5.92 Å². The zero-order chi connectivity index (χ0) is 21.3. The molecule has 1 aromatic carbocycles. The zero-order valence-corrected chi connectivity index (χ0v) is 17.5. The Labute approximate surface area is 175 Å². The van der Waals surface area contributed by atoms with E-state index in [9.17, 15) is 9.59 Å². The van der Waals surface area contributed by atoms with Gasteiger partial charge >= 0.3 is 5.97 Å². The van der Waals surface area contributed by atoms with E-state index in [1.807, 2.05) is 41.0 Å². The lowest BCUT2D eigenvalue weighted by Gasteiger charge is -2.38. The predicted molar refractivity (Wildman–Crippen MR) is 114 cm³/mol. The summed E-state index contributed by atoms with van der Waals surface area (Å²) in [5, 5.41) is 0. The third kappa shape index (κ3) is 3.44. The van der Waals surface area contributed by atoms with Crippen LogP contribution >= 0.6 is 0 Å². The van der Waals surface area contributed by atoms with Gasteiger partial charge in [0.2, 0.25) is 11.9 Å². The van der Waals surface area contributed by atoms with Crippen LogP contribution in [0.4, 0.5) is 5.95 Å². The fourth-order valence-electron chi connectivity index (χ4n) is 4.01. The number of carbonyl (C=O) groups is 2. The van der Waals surface area contributed by atoms with E-state index in [2.05, 4.69) is 18.8 Å². The molecule has 0 N–H and O–H groups in total. The van der Waals surface area contributed by atoms with Crippen molar-refractivity contribution in [3.05, 3.63) is 54.4 Å². The van der Waals surface area contributed by atoms with E-state index in [-0.39, 0.29) is 12.5 Å².